The minimum Gasteiger partial charge on any atom is -0.348 e. The van der Waals surface area contributed by atoms with Gasteiger partial charge in [0.25, 0.3) is 5.91 Å². The number of aromatic nitrogens is 2. The Morgan fingerprint density at radius 3 is 2.80 bits per heavy atom. The lowest BCUT2D eigenvalue weighted by atomic mass is 9.84. The summed E-state index contributed by atoms with van der Waals surface area (Å²) in [5, 5.41) is 10.2. The molecule has 1 heterocycles. The molecule has 5 nitrogen and oxygen atoms in total. The number of nitrogens with one attached hydrogen (secondary N) is 2. The number of aromatic amines is 1. The molecule has 20 heavy (non-hydrogen) atoms. The highest BCUT2D eigenvalue weighted by molar-refractivity contribution is 9.10. The van der Waals surface area contributed by atoms with Gasteiger partial charge in [-0.15, -0.1) is 0 Å². The molecule has 0 radical (unpaired) electrons. The lowest BCUT2D eigenvalue weighted by Crippen LogP contribution is -2.44. The number of nitrogens with zero attached hydrogens (tertiary/aromatic N) is 1. The van der Waals surface area contributed by atoms with Crippen molar-refractivity contribution in [1.29, 1.82) is 0 Å². The van der Waals surface area contributed by atoms with Gasteiger partial charge in [-0.3, -0.25) is 9.89 Å². The van der Waals surface area contributed by atoms with Gasteiger partial charge >= 0.3 is 0 Å². The monoisotopic (exact) mass is 342 g/mol. The second kappa shape index (κ2) is 6.72. The molecule has 0 bridgehead atoms. The molecule has 2 rings (SSSR count). The van der Waals surface area contributed by atoms with Gasteiger partial charge in [-0.1, -0.05) is 26.7 Å². The SMILES string of the molecule is CC(C)c1[nH]nc(C(=O)NC2CCCCC2CN)c1Br. The molecule has 0 aromatic carbocycles. The molecule has 1 aliphatic rings. The van der Waals surface area contributed by atoms with Crippen LogP contribution >= 0.6 is 15.9 Å². The van der Waals surface area contributed by atoms with Gasteiger partial charge in [0.2, 0.25) is 0 Å². The zero-order chi connectivity index (χ0) is 14.7. The smallest absolute Gasteiger partial charge is 0.273 e. The molecule has 6 heteroatoms. The average Bonchev–Trinajstić information content (AvgIpc) is 2.81. The molecule has 2 atom stereocenters. The summed E-state index contributed by atoms with van der Waals surface area (Å²) in [6.07, 6.45) is 4.46. The highest BCUT2D eigenvalue weighted by Gasteiger charge is 2.27. The third-order valence-corrected chi connectivity index (χ3v) is 4.86. The normalized spacial score (nSPS) is 23.1. The van der Waals surface area contributed by atoms with Crippen LogP contribution in [0.4, 0.5) is 0 Å². The average molecular weight is 343 g/mol. The summed E-state index contributed by atoms with van der Waals surface area (Å²) in [7, 11) is 0. The van der Waals surface area contributed by atoms with Crippen molar-refractivity contribution >= 4 is 21.8 Å². The molecule has 0 saturated heterocycles. The first-order valence-corrected chi connectivity index (χ1v) is 8.08. The molecule has 0 aliphatic heterocycles. The van der Waals surface area contributed by atoms with E-state index in [4.69, 9.17) is 5.73 Å². The maximum atomic E-state index is 12.4. The van der Waals surface area contributed by atoms with Crippen molar-refractivity contribution in [2.24, 2.45) is 11.7 Å². The minimum absolute atomic E-state index is 0.120. The van der Waals surface area contributed by atoms with E-state index in [1.54, 1.807) is 0 Å². The minimum atomic E-state index is -0.120. The molecular formula is C14H23BrN4O. The van der Waals surface area contributed by atoms with Gasteiger partial charge in [0.15, 0.2) is 5.69 Å². The number of carbonyl (C=O) groups excluding carboxylic acids is 1. The van der Waals surface area contributed by atoms with E-state index in [9.17, 15) is 4.79 Å². The highest BCUT2D eigenvalue weighted by Crippen LogP contribution is 2.27. The fourth-order valence-electron chi connectivity index (χ4n) is 2.79. The van der Waals surface area contributed by atoms with Crippen LogP contribution in [0.3, 0.4) is 0 Å². The van der Waals surface area contributed by atoms with Crippen molar-refractivity contribution in [2.75, 3.05) is 6.54 Å². The van der Waals surface area contributed by atoms with E-state index in [0.717, 1.165) is 29.4 Å². The molecule has 4 N–H and O–H groups in total. The van der Waals surface area contributed by atoms with Gasteiger partial charge in [-0.05, 0) is 47.2 Å². The van der Waals surface area contributed by atoms with E-state index in [-0.39, 0.29) is 11.9 Å². The van der Waals surface area contributed by atoms with Gasteiger partial charge in [0.05, 0.1) is 10.2 Å². The Morgan fingerprint density at radius 2 is 2.20 bits per heavy atom. The summed E-state index contributed by atoms with van der Waals surface area (Å²) < 4.78 is 0.769. The van der Waals surface area contributed by atoms with Crippen LogP contribution in [0, 0.1) is 5.92 Å². The summed E-state index contributed by atoms with van der Waals surface area (Å²) in [6.45, 7) is 4.75. The molecule has 1 aromatic heterocycles. The predicted octanol–water partition coefficient (Wildman–Crippen LogP) is 2.54. The number of H-pyrrole nitrogens is 1. The molecule has 1 fully saturated rings. The number of nitrogens with two attached hydrogens (primary N) is 1. The lowest BCUT2D eigenvalue weighted by Gasteiger charge is -2.31. The van der Waals surface area contributed by atoms with E-state index >= 15 is 0 Å². The van der Waals surface area contributed by atoms with E-state index in [0.29, 0.717) is 24.1 Å². The van der Waals surface area contributed by atoms with E-state index < -0.39 is 0 Å². The Hall–Kier alpha value is -0.880. The second-order valence-electron chi connectivity index (χ2n) is 5.81. The molecule has 1 saturated carbocycles. The van der Waals surface area contributed by atoms with E-state index in [2.05, 4.69) is 45.3 Å². The number of hydrogen-bond donors (Lipinski definition) is 3. The van der Waals surface area contributed by atoms with Crippen LogP contribution < -0.4 is 11.1 Å². The van der Waals surface area contributed by atoms with Crippen LogP contribution in [0.5, 0.6) is 0 Å². The molecule has 112 valence electrons. The fourth-order valence-corrected chi connectivity index (χ4v) is 3.61. The highest BCUT2D eigenvalue weighted by atomic mass is 79.9. The van der Waals surface area contributed by atoms with Gasteiger partial charge in [-0.25, -0.2) is 0 Å². The first-order chi connectivity index (χ1) is 9.54. The second-order valence-corrected chi connectivity index (χ2v) is 6.61. The number of hydrogen-bond acceptors (Lipinski definition) is 3. The first-order valence-electron chi connectivity index (χ1n) is 7.29. The van der Waals surface area contributed by atoms with Crippen molar-refractivity contribution in [3.05, 3.63) is 15.9 Å². The van der Waals surface area contributed by atoms with Crippen LogP contribution in [0.25, 0.3) is 0 Å². The maximum absolute atomic E-state index is 12.4. The fraction of sp³-hybridized carbons (Fsp3) is 0.714. The quantitative estimate of drug-likeness (QED) is 0.786. The van der Waals surface area contributed by atoms with E-state index in [1.807, 2.05) is 0 Å². The van der Waals surface area contributed by atoms with Gasteiger partial charge < -0.3 is 11.1 Å². The van der Waals surface area contributed by atoms with Crippen molar-refractivity contribution in [1.82, 2.24) is 15.5 Å². The lowest BCUT2D eigenvalue weighted by molar-refractivity contribution is 0.0902. The maximum Gasteiger partial charge on any atom is 0.273 e. The Morgan fingerprint density at radius 1 is 1.50 bits per heavy atom. The van der Waals surface area contributed by atoms with Crippen LogP contribution in [0.15, 0.2) is 4.47 Å². The molecule has 2 unspecified atom stereocenters. The van der Waals surface area contributed by atoms with Crippen molar-refractivity contribution in [3.8, 4) is 0 Å². The first kappa shape index (κ1) is 15.5. The molecule has 1 aromatic rings. The summed E-state index contributed by atoms with van der Waals surface area (Å²) in [4.78, 5) is 12.4. The molecule has 1 aliphatic carbocycles. The summed E-state index contributed by atoms with van der Waals surface area (Å²) >= 11 is 3.47. The summed E-state index contributed by atoms with van der Waals surface area (Å²) in [5.74, 6) is 0.560. The standard InChI is InChI=1S/C14H23BrN4O/c1-8(2)12-11(15)13(19-18-12)14(20)17-10-6-4-3-5-9(10)7-16/h8-10H,3-7,16H2,1-2H3,(H,17,20)(H,18,19). The topological polar surface area (TPSA) is 83.8 Å². The molecule has 1 amide bonds. The van der Waals surface area contributed by atoms with Gasteiger partial charge in [-0.2, -0.15) is 5.10 Å². The number of amides is 1. The third kappa shape index (κ3) is 3.23. The van der Waals surface area contributed by atoms with Crippen molar-refractivity contribution < 1.29 is 4.79 Å². The van der Waals surface area contributed by atoms with Crippen LogP contribution in [0.2, 0.25) is 0 Å². The Bertz CT molecular complexity index is 472. The molecule has 0 spiro atoms. The van der Waals surface area contributed by atoms with Gasteiger partial charge in [0.1, 0.15) is 0 Å². The van der Waals surface area contributed by atoms with Crippen LogP contribution in [0.1, 0.15) is 61.6 Å². The van der Waals surface area contributed by atoms with Gasteiger partial charge in [0, 0.05) is 6.04 Å². The largest absolute Gasteiger partial charge is 0.348 e. The zero-order valence-corrected chi connectivity index (χ0v) is 13.7. The zero-order valence-electron chi connectivity index (χ0n) is 12.1. The summed E-state index contributed by atoms with van der Waals surface area (Å²) in [5.41, 5.74) is 7.19. The Labute approximate surface area is 128 Å². The Kier molecular flexibility index (Phi) is 5.21. The van der Waals surface area contributed by atoms with Crippen molar-refractivity contribution in [3.63, 3.8) is 0 Å². The summed E-state index contributed by atoms with van der Waals surface area (Å²) in [6, 6.07) is 0.173. The van der Waals surface area contributed by atoms with Crippen LogP contribution in [-0.4, -0.2) is 28.7 Å². The number of halogens is 1. The third-order valence-electron chi connectivity index (χ3n) is 4.05. The number of rotatable bonds is 4. The predicted molar refractivity (Wildman–Crippen MR) is 82.6 cm³/mol. The number of carbonyl (C=O) groups is 1. The van der Waals surface area contributed by atoms with E-state index in [1.165, 1.54) is 6.42 Å². The van der Waals surface area contributed by atoms with Crippen LogP contribution in [-0.2, 0) is 0 Å². The Balaban J connectivity index is 2.08. The molecular weight excluding hydrogens is 320 g/mol. The van der Waals surface area contributed by atoms with Crippen molar-refractivity contribution in [2.45, 2.75) is 51.5 Å².